The van der Waals surface area contributed by atoms with E-state index in [2.05, 4.69) is 20.9 Å². The topological polar surface area (TPSA) is 98.0 Å². The summed E-state index contributed by atoms with van der Waals surface area (Å²) < 4.78 is 34.6. The van der Waals surface area contributed by atoms with Crippen molar-refractivity contribution in [2.75, 3.05) is 13.1 Å². The monoisotopic (exact) mass is 545 g/mol. The van der Waals surface area contributed by atoms with E-state index in [1.807, 2.05) is 0 Å². The Morgan fingerprint density at radius 3 is 2.47 bits per heavy atom. The molecule has 8 nitrogen and oxygen atoms in total. The first-order valence-electron chi connectivity index (χ1n) is 11.0. The molecule has 0 aliphatic carbocycles. The summed E-state index contributed by atoms with van der Waals surface area (Å²) in [5, 5.41) is 0. The number of ether oxygens (including phenoxy) is 1. The molecule has 0 unspecified atom stereocenters. The number of rotatable bonds is 6. The maximum absolute atomic E-state index is 12.9. The molecular formula is C24H24BrN3O5S. The van der Waals surface area contributed by atoms with Gasteiger partial charge in [0.2, 0.25) is 10.0 Å². The molecule has 3 heterocycles. The average Bonchev–Trinajstić information content (AvgIpc) is 3.12. The minimum atomic E-state index is -3.51. The van der Waals surface area contributed by atoms with Crippen molar-refractivity contribution in [2.45, 2.75) is 37.2 Å². The quantitative estimate of drug-likeness (QED) is 0.345. The van der Waals surface area contributed by atoms with Gasteiger partial charge in [-0.2, -0.15) is 4.31 Å². The summed E-state index contributed by atoms with van der Waals surface area (Å²) in [5.74, 6) is -0.598. The molecule has 1 fully saturated rings. The van der Waals surface area contributed by atoms with Crippen molar-refractivity contribution in [3.8, 4) is 0 Å². The number of sulfonamides is 1. The molecular weight excluding hydrogens is 522 g/mol. The van der Waals surface area contributed by atoms with E-state index in [-0.39, 0.29) is 17.1 Å². The number of benzene rings is 1. The molecule has 0 amide bonds. The highest BCUT2D eigenvalue weighted by molar-refractivity contribution is 9.10. The molecule has 34 heavy (non-hydrogen) atoms. The summed E-state index contributed by atoms with van der Waals surface area (Å²) in [4.78, 5) is 28.9. The number of hydrogen-bond acceptors (Lipinski definition) is 6. The van der Waals surface area contributed by atoms with Gasteiger partial charge in [0.25, 0.3) is 5.56 Å². The predicted molar refractivity (Wildman–Crippen MR) is 132 cm³/mol. The third kappa shape index (κ3) is 5.81. The fourth-order valence-electron chi connectivity index (χ4n) is 3.74. The van der Waals surface area contributed by atoms with Crippen molar-refractivity contribution >= 4 is 43.6 Å². The van der Waals surface area contributed by atoms with Crippen molar-refractivity contribution < 1.29 is 17.9 Å². The van der Waals surface area contributed by atoms with E-state index in [1.165, 1.54) is 16.5 Å². The van der Waals surface area contributed by atoms with E-state index < -0.39 is 16.0 Å². The number of esters is 1. The van der Waals surface area contributed by atoms with Gasteiger partial charge < -0.3 is 4.74 Å². The fourth-order valence-corrected chi connectivity index (χ4v) is 5.59. The molecule has 3 aromatic rings. The van der Waals surface area contributed by atoms with E-state index in [0.29, 0.717) is 30.0 Å². The summed E-state index contributed by atoms with van der Waals surface area (Å²) in [7, 11) is -3.51. The Kier molecular flexibility index (Phi) is 7.60. The van der Waals surface area contributed by atoms with Crippen LogP contribution in [-0.2, 0) is 26.2 Å². The molecule has 1 aliphatic heterocycles. The molecule has 0 saturated carbocycles. The number of aromatic nitrogens is 2. The van der Waals surface area contributed by atoms with Crippen LogP contribution in [0.2, 0.25) is 0 Å². The number of carbonyl (C=O) groups is 1. The third-order valence-corrected chi connectivity index (χ3v) is 7.92. The van der Waals surface area contributed by atoms with Gasteiger partial charge in [0.1, 0.15) is 12.3 Å². The molecule has 0 radical (unpaired) electrons. The van der Waals surface area contributed by atoms with Gasteiger partial charge in [-0.25, -0.2) is 18.2 Å². The SMILES string of the molecule is O=C(/C=C/c1ccc(S(=O)(=O)N2CCCCCC2)cc1)OCc1cc(=O)n2cc(Br)ccc2n1. The van der Waals surface area contributed by atoms with E-state index in [1.54, 1.807) is 53.0 Å². The number of carbonyl (C=O) groups excluding carboxylic acids is 1. The second kappa shape index (κ2) is 10.6. The van der Waals surface area contributed by atoms with E-state index >= 15 is 0 Å². The van der Waals surface area contributed by atoms with Gasteiger partial charge in [0.05, 0.1) is 10.6 Å². The van der Waals surface area contributed by atoms with Gasteiger partial charge in [-0.3, -0.25) is 9.20 Å². The number of hydrogen-bond donors (Lipinski definition) is 0. The normalized spacial score (nSPS) is 15.4. The molecule has 1 aromatic carbocycles. The first kappa shape index (κ1) is 24.3. The Bertz CT molecular complexity index is 1380. The molecule has 0 N–H and O–H groups in total. The third-order valence-electron chi connectivity index (χ3n) is 5.53. The Balaban J connectivity index is 1.37. The highest BCUT2D eigenvalue weighted by Crippen LogP contribution is 2.21. The molecule has 1 saturated heterocycles. The van der Waals surface area contributed by atoms with Gasteiger partial charge in [0.15, 0.2) is 0 Å². The highest BCUT2D eigenvalue weighted by atomic mass is 79.9. The summed E-state index contributed by atoms with van der Waals surface area (Å²) in [6.45, 7) is 0.954. The molecule has 0 spiro atoms. The Labute approximate surface area is 206 Å². The second-order valence-corrected chi connectivity index (χ2v) is 10.8. The first-order chi connectivity index (χ1) is 16.3. The van der Waals surface area contributed by atoms with Gasteiger partial charge >= 0.3 is 5.97 Å². The molecule has 2 aromatic heterocycles. The molecule has 0 bridgehead atoms. The van der Waals surface area contributed by atoms with Crippen molar-refractivity contribution in [1.29, 1.82) is 0 Å². The largest absolute Gasteiger partial charge is 0.456 e. The van der Waals surface area contributed by atoms with Crippen LogP contribution in [0.3, 0.4) is 0 Å². The minimum Gasteiger partial charge on any atom is -0.456 e. The van der Waals surface area contributed by atoms with Crippen LogP contribution >= 0.6 is 15.9 Å². The van der Waals surface area contributed by atoms with Crippen molar-refractivity contribution in [3.63, 3.8) is 0 Å². The van der Waals surface area contributed by atoms with Crippen LogP contribution in [0, 0.1) is 0 Å². The van der Waals surface area contributed by atoms with Crippen LogP contribution in [0.25, 0.3) is 11.7 Å². The van der Waals surface area contributed by atoms with E-state index in [9.17, 15) is 18.0 Å². The lowest BCUT2D eigenvalue weighted by Crippen LogP contribution is -2.31. The van der Waals surface area contributed by atoms with E-state index in [0.717, 1.165) is 30.2 Å². The summed E-state index contributed by atoms with van der Waals surface area (Å²) in [6, 6.07) is 11.2. The second-order valence-electron chi connectivity index (χ2n) is 7.99. The maximum Gasteiger partial charge on any atom is 0.331 e. The average molecular weight is 546 g/mol. The van der Waals surface area contributed by atoms with Crippen molar-refractivity contribution in [1.82, 2.24) is 13.7 Å². The molecule has 1 aliphatic rings. The molecule has 4 rings (SSSR count). The molecule has 178 valence electrons. The first-order valence-corrected chi connectivity index (χ1v) is 13.2. The fraction of sp³-hybridized carbons (Fsp3) is 0.292. The lowest BCUT2D eigenvalue weighted by Gasteiger charge is -2.19. The Hall–Kier alpha value is -2.82. The number of fused-ring (bicyclic) bond motifs is 1. The molecule has 10 heteroatoms. The van der Waals surface area contributed by atoms with Gasteiger partial charge in [-0.1, -0.05) is 25.0 Å². The van der Waals surface area contributed by atoms with Gasteiger partial charge in [-0.15, -0.1) is 0 Å². The summed E-state index contributed by atoms with van der Waals surface area (Å²) >= 11 is 3.31. The Morgan fingerprint density at radius 2 is 1.76 bits per heavy atom. The summed E-state index contributed by atoms with van der Waals surface area (Å²) in [6.07, 6.45) is 8.28. The number of pyridine rings is 1. The van der Waals surface area contributed by atoms with Crippen molar-refractivity contribution in [3.05, 3.63) is 80.8 Å². The highest BCUT2D eigenvalue weighted by Gasteiger charge is 2.24. The predicted octanol–water partition coefficient (Wildman–Crippen LogP) is 3.78. The zero-order chi connectivity index (χ0) is 24.1. The zero-order valence-electron chi connectivity index (χ0n) is 18.4. The smallest absolute Gasteiger partial charge is 0.331 e. The standard InChI is InChI=1S/C24H24BrN3O5S/c25-19-8-11-22-26-20(15-23(29)28(22)16-19)17-33-24(30)12-7-18-5-9-21(10-6-18)34(31,32)27-13-3-1-2-4-14-27/h5-12,15-16H,1-4,13-14,17H2/b12-7+. The lowest BCUT2D eigenvalue weighted by molar-refractivity contribution is -0.139. The maximum atomic E-state index is 12.9. The lowest BCUT2D eigenvalue weighted by atomic mass is 10.2. The van der Waals surface area contributed by atoms with E-state index in [4.69, 9.17) is 4.74 Å². The van der Waals surface area contributed by atoms with Crippen LogP contribution in [0.4, 0.5) is 0 Å². The Morgan fingerprint density at radius 1 is 1.06 bits per heavy atom. The van der Waals surface area contributed by atoms with Crippen molar-refractivity contribution in [2.24, 2.45) is 0 Å². The van der Waals surface area contributed by atoms with Crippen LogP contribution in [0.5, 0.6) is 0 Å². The van der Waals surface area contributed by atoms with Crippen LogP contribution in [0.15, 0.2) is 68.9 Å². The number of nitrogens with zero attached hydrogens (tertiary/aromatic N) is 3. The van der Waals surface area contributed by atoms with Crippen LogP contribution in [-0.4, -0.2) is 41.2 Å². The van der Waals surface area contributed by atoms with Gasteiger partial charge in [0, 0.05) is 35.9 Å². The minimum absolute atomic E-state index is 0.141. The van der Waals surface area contributed by atoms with Crippen LogP contribution < -0.4 is 5.56 Å². The zero-order valence-corrected chi connectivity index (χ0v) is 20.8. The van der Waals surface area contributed by atoms with Crippen LogP contribution in [0.1, 0.15) is 36.9 Å². The van der Waals surface area contributed by atoms with Gasteiger partial charge in [-0.05, 0) is 64.7 Å². The number of halogens is 1. The summed E-state index contributed by atoms with van der Waals surface area (Å²) in [5.41, 5.74) is 1.19. The molecule has 0 atom stereocenters.